The monoisotopic (exact) mass is 181 g/mol. The molecule has 0 saturated carbocycles. The van der Waals surface area contributed by atoms with Crippen LogP contribution in [-0.2, 0) is 0 Å². The van der Waals surface area contributed by atoms with Crippen molar-refractivity contribution in [3.63, 3.8) is 0 Å². The van der Waals surface area contributed by atoms with Gasteiger partial charge in [0.15, 0.2) is 0 Å². The Balaban J connectivity index is 3.83. The number of nitrogens with zero attached hydrogens (tertiary/aromatic N) is 1. The zero-order valence-corrected chi connectivity index (χ0v) is 8.15. The van der Waals surface area contributed by atoms with E-state index in [4.69, 9.17) is 0 Å². The Morgan fingerprint density at radius 2 is 1.62 bits per heavy atom. The minimum absolute atomic E-state index is 0.336. The van der Waals surface area contributed by atoms with Gasteiger partial charge in [0.2, 0.25) is 0 Å². The van der Waals surface area contributed by atoms with E-state index in [0.717, 1.165) is 13.1 Å². The van der Waals surface area contributed by atoms with Crippen molar-refractivity contribution in [3.8, 4) is 0 Å². The zero-order chi connectivity index (χ0) is 10.1. The van der Waals surface area contributed by atoms with E-state index in [1.165, 1.54) is 0 Å². The zero-order valence-electron chi connectivity index (χ0n) is 8.15. The molecule has 0 aliphatic rings. The van der Waals surface area contributed by atoms with Gasteiger partial charge in [0, 0.05) is 19.6 Å². The van der Waals surface area contributed by atoms with E-state index in [0.29, 0.717) is 13.0 Å². The fourth-order valence-electron chi connectivity index (χ4n) is 1.15. The summed E-state index contributed by atoms with van der Waals surface area (Å²) in [5, 5.41) is 9.49. The highest BCUT2D eigenvalue weighted by Crippen LogP contribution is 1.97. The minimum atomic E-state index is -0.336. The molecular weight excluding hydrogens is 162 g/mol. The van der Waals surface area contributed by atoms with Crippen molar-refractivity contribution in [1.29, 1.82) is 0 Å². The lowest BCUT2D eigenvalue weighted by Crippen LogP contribution is -2.32. The van der Waals surface area contributed by atoms with Crippen LogP contribution >= 0.6 is 0 Å². The van der Waals surface area contributed by atoms with Gasteiger partial charge < -0.3 is 5.11 Å². The van der Waals surface area contributed by atoms with Crippen LogP contribution < -0.4 is 0 Å². The van der Waals surface area contributed by atoms with Crippen molar-refractivity contribution < 1.29 is 5.11 Å². The van der Waals surface area contributed by atoms with Gasteiger partial charge in [-0.2, -0.15) is 0 Å². The molecular formula is C11H19NO. The second kappa shape index (κ2) is 7.77. The second-order valence-corrected chi connectivity index (χ2v) is 2.97. The van der Waals surface area contributed by atoms with Crippen molar-refractivity contribution in [2.75, 3.05) is 19.6 Å². The topological polar surface area (TPSA) is 23.5 Å². The standard InChI is InChI=1S/C11H19NO/c1-4-7-11(13)10-12(8-5-2)9-6-3/h4-6,11,13H,1-3,7-10H2. The summed E-state index contributed by atoms with van der Waals surface area (Å²) >= 11 is 0. The molecule has 1 N–H and O–H groups in total. The molecule has 13 heavy (non-hydrogen) atoms. The normalized spacial score (nSPS) is 12.5. The van der Waals surface area contributed by atoms with E-state index >= 15 is 0 Å². The first-order valence-corrected chi connectivity index (χ1v) is 4.47. The van der Waals surface area contributed by atoms with Crippen LogP contribution in [0.25, 0.3) is 0 Å². The maximum atomic E-state index is 9.49. The van der Waals surface area contributed by atoms with Gasteiger partial charge in [0.1, 0.15) is 0 Å². The lowest BCUT2D eigenvalue weighted by atomic mass is 10.2. The smallest absolute Gasteiger partial charge is 0.0701 e. The van der Waals surface area contributed by atoms with Gasteiger partial charge in [-0.25, -0.2) is 0 Å². The molecule has 74 valence electrons. The molecule has 0 spiro atoms. The number of hydrogen-bond donors (Lipinski definition) is 1. The molecule has 0 aromatic carbocycles. The Morgan fingerprint density at radius 3 is 2.00 bits per heavy atom. The molecule has 0 bridgehead atoms. The summed E-state index contributed by atoms with van der Waals surface area (Å²) in [7, 11) is 0. The minimum Gasteiger partial charge on any atom is -0.391 e. The summed E-state index contributed by atoms with van der Waals surface area (Å²) in [5.74, 6) is 0. The molecule has 0 amide bonds. The van der Waals surface area contributed by atoms with Crippen LogP contribution in [0.5, 0.6) is 0 Å². The Morgan fingerprint density at radius 1 is 1.08 bits per heavy atom. The average molecular weight is 181 g/mol. The Kier molecular flexibility index (Phi) is 7.26. The Hall–Kier alpha value is -0.860. The number of aliphatic hydroxyl groups excluding tert-OH is 1. The van der Waals surface area contributed by atoms with E-state index < -0.39 is 0 Å². The SMILES string of the molecule is C=CCC(O)CN(CC=C)CC=C. The highest BCUT2D eigenvalue weighted by atomic mass is 16.3. The van der Waals surface area contributed by atoms with Crippen molar-refractivity contribution in [1.82, 2.24) is 4.90 Å². The summed E-state index contributed by atoms with van der Waals surface area (Å²) < 4.78 is 0. The fourth-order valence-corrected chi connectivity index (χ4v) is 1.15. The van der Waals surface area contributed by atoms with Gasteiger partial charge in [0.05, 0.1) is 6.10 Å². The summed E-state index contributed by atoms with van der Waals surface area (Å²) in [6.45, 7) is 13.1. The molecule has 0 aliphatic carbocycles. The molecule has 0 aromatic rings. The highest BCUT2D eigenvalue weighted by molar-refractivity contribution is 4.82. The molecule has 0 aromatic heterocycles. The molecule has 0 saturated heterocycles. The first kappa shape index (κ1) is 12.1. The van der Waals surface area contributed by atoms with Crippen molar-refractivity contribution >= 4 is 0 Å². The predicted molar refractivity (Wildman–Crippen MR) is 57.7 cm³/mol. The lowest BCUT2D eigenvalue weighted by Gasteiger charge is -2.21. The third kappa shape index (κ3) is 6.31. The molecule has 2 heteroatoms. The van der Waals surface area contributed by atoms with E-state index in [1.54, 1.807) is 6.08 Å². The van der Waals surface area contributed by atoms with Crippen molar-refractivity contribution in [3.05, 3.63) is 38.0 Å². The molecule has 0 heterocycles. The summed E-state index contributed by atoms with van der Waals surface area (Å²) in [6.07, 6.45) is 5.67. The number of hydrogen-bond acceptors (Lipinski definition) is 2. The van der Waals surface area contributed by atoms with Crippen molar-refractivity contribution in [2.45, 2.75) is 12.5 Å². The lowest BCUT2D eigenvalue weighted by molar-refractivity contribution is 0.127. The highest BCUT2D eigenvalue weighted by Gasteiger charge is 2.07. The third-order valence-corrected chi connectivity index (χ3v) is 1.68. The van der Waals surface area contributed by atoms with E-state index in [-0.39, 0.29) is 6.10 Å². The van der Waals surface area contributed by atoms with Gasteiger partial charge in [-0.15, -0.1) is 19.7 Å². The van der Waals surface area contributed by atoms with Crippen LogP contribution in [-0.4, -0.2) is 35.7 Å². The van der Waals surface area contributed by atoms with Crippen molar-refractivity contribution in [2.24, 2.45) is 0 Å². The van der Waals surface area contributed by atoms with Crippen LogP contribution in [0.2, 0.25) is 0 Å². The van der Waals surface area contributed by atoms with Crippen LogP contribution in [0.15, 0.2) is 38.0 Å². The molecule has 1 atom stereocenters. The van der Waals surface area contributed by atoms with E-state index in [2.05, 4.69) is 24.6 Å². The Bertz CT molecular complexity index is 155. The van der Waals surface area contributed by atoms with E-state index in [1.807, 2.05) is 12.2 Å². The van der Waals surface area contributed by atoms with Crippen LogP contribution in [0.3, 0.4) is 0 Å². The molecule has 2 nitrogen and oxygen atoms in total. The van der Waals surface area contributed by atoms with Crippen LogP contribution in [0.4, 0.5) is 0 Å². The first-order chi connectivity index (χ1) is 6.24. The van der Waals surface area contributed by atoms with Crippen LogP contribution in [0.1, 0.15) is 6.42 Å². The van der Waals surface area contributed by atoms with Gasteiger partial charge in [-0.3, -0.25) is 4.90 Å². The maximum Gasteiger partial charge on any atom is 0.0701 e. The Labute approximate surface area is 80.9 Å². The third-order valence-electron chi connectivity index (χ3n) is 1.68. The van der Waals surface area contributed by atoms with Gasteiger partial charge in [-0.05, 0) is 6.42 Å². The first-order valence-electron chi connectivity index (χ1n) is 4.47. The number of aliphatic hydroxyl groups is 1. The van der Waals surface area contributed by atoms with Gasteiger partial charge in [-0.1, -0.05) is 18.2 Å². The second-order valence-electron chi connectivity index (χ2n) is 2.97. The fraction of sp³-hybridized carbons (Fsp3) is 0.455. The van der Waals surface area contributed by atoms with Gasteiger partial charge in [0.25, 0.3) is 0 Å². The maximum absolute atomic E-state index is 9.49. The quantitative estimate of drug-likeness (QED) is 0.575. The van der Waals surface area contributed by atoms with Gasteiger partial charge >= 0.3 is 0 Å². The molecule has 0 rings (SSSR count). The molecule has 0 radical (unpaired) electrons. The molecule has 1 unspecified atom stereocenters. The predicted octanol–water partition coefficient (Wildman–Crippen LogP) is 1.60. The molecule has 0 aliphatic heterocycles. The summed E-state index contributed by atoms with van der Waals surface area (Å²) in [4.78, 5) is 2.08. The van der Waals surface area contributed by atoms with E-state index in [9.17, 15) is 5.11 Å². The number of rotatable bonds is 8. The largest absolute Gasteiger partial charge is 0.391 e. The van der Waals surface area contributed by atoms with Crippen LogP contribution in [0, 0.1) is 0 Å². The average Bonchev–Trinajstić information content (AvgIpc) is 2.05. The molecule has 0 fully saturated rings. The summed E-state index contributed by atoms with van der Waals surface area (Å²) in [6, 6.07) is 0. The summed E-state index contributed by atoms with van der Waals surface area (Å²) in [5.41, 5.74) is 0.